The predicted molar refractivity (Wildman–Crippen MR) is 80.4 cm³/mol. The topological polar surface area (TPSA) is 9.23 Å². The Morgan fingerprint density at radius 1 is 1.28 bits per heavy atom. The van der Waals surface area contributed by atoms with Gasteiger partial charge in [0, 0.05) is 15.1 Å². The molecule has 0 aliphatic heterocycles. The van der Waals surface area contributed by atoms with Crippen LogP contribution in [0.4, 0.5) is 0 Å². The summed E-state index contributed by atoms with van der Waals surface area (Å²) in [6.07, 6.45) is 10.0. The molecule has 3 rings (SSSR count). The Morgan fingerprint density at radius 3 is 2.67 bits per heavy atom. The molecular weight excluding hydrogens is 308 g/mol. The summed E-state index contributed by atoms with van der Waals surface area (Å²) in [5.74, 6) is 0. The summed E-state index contributed by atoms with van der Waals surface area (Å²) in [6, 6.07) is 4.29. The lowest BCUT2D eigenvalue weighted by Gasteiger charge is -2.53. The van der Waals surface area contributed by atoms with Crippen LogP contribution in [0.25, 0.3) is 0 Å². The van der Waals surface area contributed by atoms with E-state index in [2.05, 4.69) is 33.4 Å². The van der Waals surface area contributed by atoms with Crippen molar-refractivity contribution in [2.75, 3.05) is 0 Å². The zero-order chi connectivity index (χ0) is 12.4. The van der Waals surface area contributed by atoms with E-state index in [0.29, 0.717) is 16.3 Å². The molecule has 0 radical (unpaired) electrons. The van der Waals surface area contributed by atoms with Crippen molar-refractivity contribution < 1.29 is 4.74 Å². The molecule has 3 heteroatoms. The van der Waals surface area contributed by atoms with Gasteiger partial charge in [-0.25, -0.2) is 0 Å². The first-order valence-corrected chi connectivity index (χ1v) is 8.89. The first kappa shape index (κ1) is 13.1. The average molecular weight is 329 g/mol. The third kappa shape index (κ3) is 2.41. The summed E-state index contributed by atoms with van der Waals surface area (Å²) in [5, 5.41) is 2.13. The van der Waals surface area contributed by atoms with Crippen LogP contribution in [-0.4, -0.2) is 10.9 Å². The summed E-state index contributed by atoms with van der Waals surface area (Å²) in [4.78, 5) is 2.05. The molecule has 100 valence electrons. The van der Waals surface area contributed by atoms with Crippen LogP contribution in [0.5, 0.6) is 0 Å². The zero-order valence-corrected chi connectivity index (χ0v) is 13.1. The molecule has 2 aliphatic carbocycles. The molecule has 1 nitrogen and oxygen atoms in total. The first-order valence-electron chi connectivity index (χ1n) is 7.09. The molecule has 0 N–H and O–H groups in total. The molecule has 1 spiro atoms. The lowest BCUT2D eigenvalue weighted by molar-refractivity contribution is -0.118. The maximum absolute atomic E-state index is 6.22. The Hall–Kier alpha value is 0.140. The SMILES string of the molecule is BrC1CC(OCc2cccs2)C12CCCCCC2. The lowest BCUT2D eigenvalue weighted by atomic mass is 9.61. The van der Waals surface area contributed by atoms with Crippen LogP contribution in [-0.2, 0) is 11.3 Å². The summed E-state index contributed by atoms with van der Waals surface area (Å²) in [5.41, 5.74) is 0.452. The molecule has 0 saturated heterocycles. The van der Waals surface area contributed by atoms with Crippen molar-refractivity contribution in [1.29, 1.82) is 0 Å². The molecule has 2 atom stereocenters. The van der Waals surface area contributed by atoms with Crippen LogP contribution in [0.1, 0.15) is 49.8 Å². The second-order valence-electron chi connectivity index (χ2n) is 5.73. The molecule has 1 heterocycles. The van der Waals surface area contributed by atoms with Crippen LogP contribution in [0.2, 0.25) is 0 Å². The van der Waals surface area contributed by atoms with Gasteiger partial charge >= 0.3 is 0 Å². The summed E-state index contributed by atoms with van der Waals surface area (Å²) >= 11 is 5.70. The second-order valence-corrected chi connectivity index (χ2v) is 7.87. The number of rotatable bonds is 3. The molecule has 1 aromatic heterocycles. The van der Waals surface area contributed by atoms with Gasteiger partial charge in [0.05, 0.1) is 12.7 Å². The summed E-state index contributed by atoms with van der Waals surface area (Å²) in [6.45, 7) is 0.809. The fraction of sp³-hybridized carbons (Fsp3) is 0.733. The third-order valence-electron chi connectivity index (χ3n) is 4.73. The summed E-state index contributed by atoms with van der Waals surface area (Å²) in [7, 11) is 0. The van der Waals surface area contributed by atoms with E-state index in [4.69, 9.17) is 4.74 Å². The van der Waals surface area contributed by atoms with E-state index in [0.717, 1.165) is 6.61 Å². The fourth-order valence-corrected chi connectivity index (χ4v) is 5.25. The minimum absolute atomic E-state index is 0.452. The highest BCUT2D eigenvalue weighted by Crippen LogP contribution is 2.55. The number of hydrogen-bond acceptors (Lipinski definition) is 2. The Morgan fingerprint density at radius 2 is 2.06 bits per heavy atom. The number of hydrogen-bond donors (Lipinski definition) is 0. The first-order chi connectivity index (χ1) is 8.81. The Balaban J connectivity index is 1.61. The molecule has 2 aliphatic rings. The van der Waals surface area contributed by atoms with E-state index in [9.17, 15) is 0 Å². The molecule has 2 unspecified atom stereocenters. The quantitative estimate of drug-likeness (QED) is 0.698. The van der Waals surface area contributed by atoms with Gasteiger partial charge in [0.2, 0.25) is 0 Å². The van der Waals surface area contributed by atoms with E-state index in [1.54, 1.807) is 11.3 Å². The maximum Gasteiger partial charge on any atom is 0.0813 e. The van der Waals surface area contributed by atoms with Gasteiger partial charge in [0.25, 0.3) is 0 Å². The smallest absolute Gasteiger partial charge is 0.0813 e. The van der Waals surface area contributed by atoms with Crippen LogP contribution in [0.3, 0.4) is 0 Å². The van der Waals surface area contributed by atoms with Gasteiger partial charge in [-0.05, 0) is 30.7 Å². The summed E-state index contributed by atoms with van der Waals surface area (Å²) < 4.78 is 6.22. The molecule has 18 heavy (non-hydrogen) atoms. The Labute approximate surface area is 122 Å². The number of alkyl halides is 1. The fourth-order valence-electron chi connectivity index (χ4n) is 3.53. The molecule has 0 bridgehead atoms. The minimum Gasteiger partial charge on any atom is -0.372 e. The van der Waals surface area contributed by atoms with Gasteiger partial charge in [-0.15, -0.1) is 11.3 Å². The minimum atomic E-state index is 0.452. The van der Waals surface area contributed by atoms with Crippen molar-refractivity contribution in [2.24, 2.45) is 5.41 Å². The van der Waals surface area contributed by atoms with Crippen molar-refractivity contribution in [2.45, 2.75) is 62.5 Å². The normalized spacial score (nSPS) is 30.9. The van der Waals surface area contributed by atoms with Gasteiger partial charge in [-0.1, -0.05) is 47.7 Å². The van der Waals surface area contributed by atoms with Crippen molar-refractivity contribution in [1.82, 2.24) is 0 Å². The van der Waals surface area contributed by atoms with Crippen LogP contribution in [0.15, 0.2) is 17.5 Å². The average Bonchev–Trinajstić information content (AvgIpc) is 2.75. The highest BCUT2D eigenvalue weighted by Gasteiger charge is 2.53. The second kappa shape index (κ2) is 5.64. The molecule has 0 amide bonds. The molecule has 1 aromatic rings. The largest absolute Gasteiger partial charge is 0.372 e. The van der Waals surface area contributed by atoms with Gasteiger partial charge < -0.3 is 4.74 Å². The predicted octanol–water partition coefficient (Wildman–Crippen LogP) is 5.14. The van der Waals surface area contributed by atoms with Gasteiger partial charge in [-0.3, -0.25) is 0 Å². The molecule has 2 saturated carbocycles. The van der Waals surface area contributed by atoms with Crippen LogP contribution < -0.4 is 0 Å². The van der Waals surface area contributed by atoms with E-state index >= 15 is 0 Å². The molecule has 0 aromatic carbocycles. The molecular formula is C15H21BrOS. The van der Waals surface area contributed by atoms with Crippen molar-refractivity contribution in [3.8, 4) is 0 Å². The van der Waals surface area contributed by atoms with E-state index in [1.165, 1.54) is 49.8 Å². The number of halogens is 1. The standard InChI is InChI=1S/C15H21BrOS/c16-13-10-14(17-11-12-6-5-9-18-12)15(13)7-3-1-2-4-8-15/h5-6,9,13-14H,1-4,7-8,10-11H2. The monoisotopic (exact) mass is 328 g/mol. The zero-order valence-electron chi connectivity index (χ0n) is 10.7. The maximum atomic E-state index is 6.22. The van der Waals surface area contributed by atoms with Crippen molar-refractivity contribution in [3.05, 3.63) is 22.4 Å². The third-order valence-corrected chi connectivity index (χ3v) is 6.86. The number of thiophene rings is 1. The lowest BCUT2D eigenvalue weighted by Crippen LogP contribution is -2.55. The Bertz CT molecular complexity index is 368. The van der Waals surface area contributed by atoms with Gasteiger partial charge in [0.1, 0.15) is 0 Å². The van der Waals surface area contributed by atoms with Crippen molar-refractivity contribution in [3.63, 3.8) is 0 Å². The molecule has 2 fully saturated rings. The Kier molecular flexibility index (Phi) is 4.12. The van der Waals surface area contributed by atoms with Crippen molar-refractivity contribution >= 4 is 27.3 Å². The van der Waals surface area contributed by atoms with E-state index < -0.39 is 0 Å². The number of ether oxygens (including phenoxy) is 1. The highest BCUT2D eigenvalue weighted by molar-refractivity contribution is 9.09. The van der Waals surface area contributed by atoms with E-state index in [1.807, 2.05) is 0 Å². The van der Waals surface area contributed by atoms with Crippen LogP contribution in [0, 0.1) is 5.41 Å². The van der Waals surface area contributed by atoms with Gasteiger partial charge in [0.15, 0.2) is 0 Å². The van der Waals surface area contributed by atoms with Crippen LogP contribution >= 0.6 is 27.3 Å². The highest BCUT2D eigenvalue weighted by atomic mass is 79.9. The van der Waals surface area contributed by atoms with Gasteiger partial charge in [-0.2, -0.15) is 0 Å². The van der Waals surface area contributed by atoms with E-state index in [-0.39, 0.29) is 0 Å².